The number of thiazole rings is 1. The van der Waals surface area contributed by atoms with Gasteiger partial charge < -0.3 is 15.5 Å². The Balaban J connectivity index is 1.49. The Morgan fingerprint density at radius 2 is 1.89 bits per heavy atom. The Morgan fingerprint density at radius 1 is 1.14 bits per heavy atom. The van der Waals surface area contributed by atoms with Gasteiger partial charge in [-0.05, 0) is 31.2 Å². The number of piperidine rings is 2. The van der Waals surface area contributed by atoms with E-state index >= 15 is 0 Å². The van der Waals surface area contributed by atoms with Crippen molar-refractivity contribution in [1.29, 1.82) is 0 Å². The van der Waals surface area contributed by atoms with Crippen molar-refractivity contribution in [2.45, 2.75) is 37.5 Å². The molecule has 2 amide bonds. The predicted molar refractivity (Wildman–Crippen MR) is 110 cm³/mol. The van der Waals surface area contributed by atoms with Crippen molar-refractivity contribution in [3.05, 3.63) is 47.0 Å². The van der Waals surface area contributed by atoms with Crippen LogP contribution in [0.1, 0.15) is 43.4 Å². The fraction of sp³-hybridized carbons (Fsp3) is 0.476. The lowest BCUT2D eigenvalue weighted by molar-refractivity contribution is -0.142. The molecule has 2 fully saturated rings. The highest BCUT2D eigenvalue weighted by Crippen LogP contribution is 2.42. The highest BCUT2D eigenvalue weighted by Gasteiger charge is 2.41. The van der Waals surface area contributed by atoms with E-state index in [-0.39, 0.29) is 23.8 Å². The van der Waals surface area contributed by atoms with Crippen molar-refractivity contribution in [2.24, 2.45) is 0 Å². The van der Waals surface area contributed by atoms with Gasteiger partial charge >= 0.3 is 0 Å². The van der Waals surface area contributed by atoms with Gasteiger partial charge in [0, 0.05) is 36.9 Å². The molecular weight excluding hydrogens is 372 g/mol. The first-order valence-electron chi connectivity index (χ1n) is 9.91. The largest absolute Gasteiger partial charge is 0.375 e. The standard InChI is InChI=1S/C21H26N4O2S/c22-20-23-17(15-28-20)21(16-6-2-1-3-7-16)9-12-24(13-10-21)19(27)14-25-11-5-4-8-18(25)26/h1-3,6-7,15H,4-5,8-14H2,(H2,22,23). The molecule has 2 saturated heterocycles. The molecule has 2 aliphatic heterocycles. The third-order valence-corrected chi connectivity index (χ3v) is 6.73. The molecule has 3 heterocycles. The van der Waals surface area contributed by atoms with E-state index in [1.54, 1.807) is 4.90 Å². The molecule has 28 heavy (non-hydrogen) atoms. The van der Waals surface area contributed by atoms with Crippen molar-refractivity contribution >= 4 is 28.3 Å². The number of nitrogen functional groups attached to an aromatic ring is 1. The van der Waals surface area contributed by atoms with E-state index in [9.17, 15) is 9.59 Å². The molecule has 0 aliphatic carbocycles. The summed E-state index contributed by atoms with van der Waals surface area (Å²) in [5.41, 5.74) is 7.93. The summed E-state index contributed by atoms with van der Waals surface area (Å²) in [5, 5.41) is 2.62. The molecule has 0 unspecified atom stereocenters. The maximum atomic E-state index is 12.8. The number of hydrogen-bond donors (Lipinski definition) is 1. The van der Waals surface area contributed by atoms with Gasteiger partial charge in [0.15, 0.2) is 5.13 Å². The third-order valence-electron chi connectivity index (χ3n) is 6.06. The monoisotopic (exact) mass is 398 g/mol. The quantitative estimate of drug-likeness (QED) is 0.859. The van der Waals surface area contributed by atoms with E-state index in [2.05, 4.69) is 17.1 Å². The molecule has 2 aliphatic rings. The minimum atomic E-state index is -0.215. The van der Waals surface area contributed by atoms with Gasteiger partial charge in [-0.3, -0.25) is 9.59 Å². The molecule has 0 spiro atoms. The number of nitrogens with zero attached hydrogens (tertiary/aromatic N) is 3. The van der Waals surface area contributed by atoms with E-state index in [4.69, 9.17) is 5.73 Å². The Morgan fingerprint density at radius 3 is 2.54 bits per heavy atom. The Kier molecular flexibility index (Phi) is 5.35. The summed E-state index contributed by atoms with van der Waals surface area (Å²) in [7, 11) is 0. The van der Waals surface area contributed by atoms with Crippen LogP contribution in [0.5, 0.6) is 0 Å². The lowest BCUT2D eigenvalue weighted by Crippen LogP contribution is -2.50. The SMILES string of the molecule is Nc1nc(C2(c3ccccc3)CCN(C(=O)CN3CCCCC3=O)CC2)cs1. The molecule has 6 nitrogen and oxygen atoms in total. The second-order valence-corrected chi connectivity index (χ2v) is 8.56. The second kappa shape index (κ2) is 7.91. The van der Waals surface area contributed by atoms with Crippen molar-refractivity contribution < 1.29 is 9.59 Å². The van der Waals surface area contributed by atoms with Crippen LogP contribution < -0.4 is 5.73 Å². The van der Waals surface area contributed by atoms with Crippen LogP contribution in [0.3, 0.4) is 0 Å². The van der Waals surface area contributed by atoms with Gasteiger partial charge in [0.1, 0.15) is 0 Å². The molecule has 0 saturated carbocycles. The number of nitrogens with two attached hydrogens (primary N) is 1. The Bertz CT molecular complexity index is 843. The van der Waals surface area contributed by atoms with Gasteiger partial charge in [0.05, 0.1) is 12.2 Å². The van der Waals surface area contributed by atoms with E-state index in [0.717, 1.165) is 31.4 Å². The van der Waals surface area contributed by atoms with Gasteiger partial charge in [-0.2, -0.15) is 0 Å². The minimum absolute atomic E-state index is 0.0507. The number of likely N-dealkylation sites (tertiary alicyclic amines) is 2. The van der Waals surface area contributed by atoms with Crippen molar-refractivity contribution in [1.82, 2.24) is 14.8 Å². The van der Waals surface area contributed by atoms with Crippen LogP contribution in [0, 0.1) is 0 Å². The average Bonchev–Trinajstić information content (AvgIpc) is 3.17. The summed E-state index contributed by atoms with van der Waals surface area (Å²) >= 11 is 1.46. The smallest absolute Gasteiger partial charge is 0.242 e. The number of aromatic nitrogens is 1. The summed E-state index contributed by atoms with van der Waals surface area (Å²) in [6, 6.07) is 10.4. The van der Waals surface area contributed by atoms with Gasteiger partial charge in [0.25, 0.3) is 0 Å². The van der Waals surface area contributed by atoms with E-state index in [0.29, 0.717) is 31.2 Å². The fourth-order valence-electron chi connectivity index (χ4n) is 4.39. The van der Waals surface area contributed by atoms with E-state index in [1.807, 2.05) is 28.5 Å². The molecule has 7 heteroatoms. The summed E-state index contributed by atoms with van der Waals surface area (Å²) < 4.78 is 0. The van der Waals surface area contributed by atoms with Crippen LogP contribution in [0.2, 0.25) is 0 Å². The summed E-state index contributed by atoms with van der Waals surface area (Å²) in [5.74, 6) is 0.155. The summed E-state index contributed by atoms with van der Waals surface area (Å²) in [4.78, 5) is 33.0. The molecule has 2 aromatic rings. The summed E-state index contributed by atoms with van der Waals surface area (Å²) in [6.07, 6.45) is 4.10. The lowest BCUT2D eigenvalue weighted by atomic mass is 9.70. The zero-order valence-corrected chi connectivity index (χ0v) is 16.8. The first-order chi connectivity index (χ1) is 13.6. The van der Waals surface area contributed by atoms with Crippen LogP contribution in [0.15, 0.2) is 35.7 Å². The lowest BCUT2D eigenvalue weighted by Gasteiger charge is -2.42. The average molecular weight is 399 g/mol. The maximum Gasteiger partial charge on any atom is 0.242 e. The fourth-order valence-corrected chi connectivity index (χ4v) is 5.05. The van der Waals surface area contributed by atoms with Gasteiger partial charge in [0.2, 0.25) is 11.8 Å². The number of carbonyl (C=O) groups is 2. The first kappa shape index (κ1) is 18.9. The number of benzene rings is 1. The van der Waals surface area contributed by atoms with Gasteiger partial charge in [-0.15, -0.1) is 11.3 Å². The molecule has 2 N–H and O–H groups in total. The topological polar surface area (TPSA) is 79.5 Å². The number of rotatable bonds is 4. The number of carbonyl (C=O) groups excluding carboxylic acids is 2. The predicted octanol–water partition coefficient (Wildman–Crippen LogP) is 2.65. The molecule has 4 rings (SSSR count). The molecule has 148 valence electrons. The van der Waals surface area contributed by atoms with Crippen LogP contribution in [0.25, 0.3) is 0 Å². The zero-order valence-electron chi connectivity index (χ0n) is 16.0. The van der Waals surface area contributed by atoms with Crippen molar-refractivity contribution in [2.75, 3.05) is 31.9 Å². The first-order valence-corrected chi connectivity index (χ1v) is 10.8. The van der Waals surface area contributed by atoms with Gasteiger partial charge in [-0.1, -0.05) is 30.3 Å². The highest BCUT2D eigenvalue weighted by molar-refractivity contribution is 7.13. The normalized spacial score (nSPS) is 19.6. The molecule has 1 aromatic heterocycles. The Hall–Kier alpha value is -2.41. The van der Waals surface area contributed by atoms with Crippen molar-refractivity contribution in [3.63, 3.8) is 0 Å². The molecule has 1 aromatic carbocycles. The van der Waals surface area contributed by atoms with E-state index in [1.165, 1.54) is 16.9 Å². The second-order valence-electron chi connectivity index (χ2n) is 7.67. The number of hydrogen-bond acceptors (Lipinski definition) is 5. The molecule has 0 radical (unpaired) electrons. The number of amides is 2. The minimum Gasteiger partial charge on any atom is -0.375 e. The number of anilines is 1. The van der Waals surface area contributed by atoms with Gasteiger partial charge in [-0.25, -0.2) is 4.98 Å². The highest BCUT2D eigenvalue weighted by atomic mass is 32.1. The molecule has 0 atom stereocenters. The molecule has 0 bridgehead atoms. The molecular formula is C21H26N4O2S. The van der Waals surface area contributed by atoms with Crippen molar-refractivity contribution in [3.8, 4) is 0 Å². The van der Waals surface area contributed by atoms with Crippen LogP contribution in [-0.2, 0) is 15.0 Å². The Labute approximate surface area is 169 Å². The van der Waals surface area contributed by atoms with E-state index < -0.39 is 0 Å². The van der Waals surface area contributed by atoms with Crippen LogP contribution in [-0.4, -0.2) is 52.8 Å². The van der Waals surface area contributed by atoms with Crippen LogP contribution >= 0.6 is 11.3 Å². The maximum absolute atomic E-state index is 12.8. The van der Waals surface area contributed by atoms with Crippen LogP contribution in [0.4, 0.5) is 5.13 Å². The third kappa shape index (κ3) is 3.63. The zero-order chi connectivity index (χ0) is 19.6. The summed E-state index contributed by atoms with van der Waals surface area (Å²) in [6.45, 7) is 2.23.